The van der Waals surface area contributed by atoms with Crippen molar-refractivity contribution >= 4 is 0 Å². The number of halogens is 12. The molecule has 0 atom stereocenters. The van der Waals surface area contributed by atoms with Crippen molar-refractivity contribution in [2.75, 3.05) is 0 Å². The Kier molecular flexibility index (Phi) is 12.8. The largest absolute Gasteiger partial charge is 0.418 e. The van der Waals surface area contributed by atoms with Crippen LogP contribution in [0.1, 0.15) is 69.5 Å². The van der Waals surface area contributed by atoms with Gasteiger partial charge in [0.05, 0.1) is 75.6 Å². The third-order valence-corrected chi connectivity index (χ3v) is 5.03. The van der Waals surface area contributed by atoms with Crippen molar-refractivity contribution in [1.82, 2.24) is 0 Å². The number of rotatable bonds is 2. The number of alkyl halides is 12. The van der Waals surface area contributed by atoms with Crippen LogP contribution in [0.5, 0.6) is 0 Å². The standard InChI is InChI=1S/2C12H3F6N3.C2H6/c13-11(14,15)9-3-6(4-20)10(12(16,17)18)7(1-2-19)8(9)5-21;13-11(14,15)9-3-10(12(16,17)18)8(5-21)6(1-2-19)7(9)4-20;1-2/h2*3H,1H2;1-2H3. The third-order valence-electron chi connectivity index (χ3n) is 5.03. The van der Waals surface area contributed by atoms with E-state index in [4.69, 9.17) is 31.6 Å². The lowest BCUT2D eigenvalue weighted by molar-refractivity contribution is -0.143. The molecule has 6 nitrogen and oxygen atoms in total. The van der Waals surface area contributed by atoms with E-state index in [2.05, 4.69) is 0 Å². The Balaban J connectivity index is 0.000000795. The van der Waals surface area contributed by atoms with Crippen LogP contribution in [0, 0.1) is 68.0 Å². The maximum absolute atomic E-state index is 12.9. The van der Waals surface area contributed by atoms with E-state index in [0.717, 1.165) is 24.3 Å². The summed E-state index contributed by atoms with van der Waals surface area (Å²) < 4.78 is 154. The zero-order chi connectivity index (χ0) is 34.8. The predicted octanol–water partition coefficient (Wildman–Crippen LogP) is 8.09. The summed E-state index contributed by atoms with van der Waals surface area (Å²) in [5.41, 5.74) is -13.9. The fourth-order valence-corrected chi connectivity index (χ4v) is 3.46. The van der Waals surface area contributed by atoms with Gasteiger partial charge in [-0.15, -0.1) is 0 Å². The van der Waals surface area contributed by atoms with E-state index in [1.807, 2.05) is 13.8 Å². The van der Waals surface area contributed by atoms with Crippen molar-refractivity contribution < 1.29 is 52.7 Å². The van der Waals surface area contributed by atoms with Crippen LogP contribution in [0.4, 0.5) is 52.7 Å². The molecule has 0 fully saturated rings. The number of hydrogen-bond donors (Lipinski definition) is 0. The minimum atomic E-state index is -5.22. The molecule has 2 rings (SSSR count). The highest BCUT2D eigenvalue weighted by Crippen LogP contribution is 2.43. The number of nitrogens with zero attached hydrogens (tertiary/aromatic N) is 6. The molecule has 230 valence electrons. The zero-order valence-electron chi connectivity index (χ0n) is 21.8. The summed E-state index contributed by atoms with van der Waals surface area (Å²) in [5, 5.41) is 51.9. The van der Waals surface area contributed by atoms with Crippen molar-refractivity contribution in [1.29, 1.82) is 31.6 Å². The summed E-state index contributed by atoms with van der Waals surface area (Å²) in [7, 11) is 0. The Morgan fingerprint density at radius 3 is 1.07 bits per heavy atom. The molecule has 0 heterocycles. The van der Waals surface area contributed by atoms with Crippen LogP contribution in [0.2, 0.25) is 0 Å². The van der Waals surface area contributed by atoms with Crippen molar-refractivity contribution in [3.63, 3.8) is 0 Å². The second kappa shape index (κ2) is 14.6. The third kappa shape index (κ3) is 8.77. The van der Waals surface area contributed by atoms with Gasteiger partial charge in [0.25, 0.3) is 0 Å². The Bertz CT molecular complexity index is 1590. The van der Waals surface area contributed by atoms with Gasteiger partial charge in [0.1, 0.15) is 18.2 Å². The summed E-state index contributed by atoms with van der Waals surface area (Å²) in [6.07, 6.45) is -22.7. The van der Waals surface area contributed by atoms with E-state index in [-0.39, 0.29) is 12.1 Å². The molecular weight excluding hydrogens is 624 g/mol. The molecule has 0 spiro atoms. The van der Waals surface area contributed by atoms with Gasteiger partial charge in [-0.05, 0) is 17.7 Å². The number of benzene rings is 2. The molecule has 0 amide bonds. The highest BCUT2D eigenvalue weighted by molar-refractivity contribution is 5.59. The number of hydrogen-bond acceptors (Lipinski definition) is 6. The smallest absolute Gasteiger partial charge is 0.198 e. The molecule has 0 saturated carbocycles. The molecule has 0 unspecified atom stereocenters. The molecule has 44 heavy (non-hydrogen) atoms. The fourth-order valence-electron chi connectivity index (χ4n) is 3.46. The molecule has 2 aromatic rings. The summed E-state index contributed by atoms with van der Waals surface area (Å²) in [6.45, 7) is 4.00. The molecule has 0 aromatic heterocycles. The first kappa shape index (κ1) is 38.5. The van der Waals surface area contributed by atoms with Crippen molar-refractivity contribution in [3.05, 3.63) is 67.8 Å². The first-order chi connectivity index (χ1) is 20.1. The highest BCUT2D eigenvalue weighted by atomic mass is 19.4. The van der Waals surface area contributed by atoms with Gasteiger partial charge in [-0.25, -0.2) is 0 Å². The van der Waals surface area contributed by atoms with E-state index in [9.17, 15) is 52.7 Å². The Labute approximate surface area is 240 Å². The summed E-state index contributed by atoms with van der Waals surface area (Å²) in [6, 6.07) is 6.63. The zero-order valence-corrected chi connectivity index (χ0v) is 21.8. The Morgan fingerprint density at radius 2 is 0.795 bits per heavy atom. The van der Waals surface area contributed by atoms with Gasteiger partial charge in [-0.1, -0.05) is 13.8 Å². The van der Waals surface area contributed by atoms with E-state index in [1.165, 1.54) is 12.1 Å². The molecule has 0 N–H and O–H groups in total. The van der Waals surface area contributed by atoms with Gasteiger partial charge < -0.3 is 0 Å². The molecule has 0 aliphatic carbocycles. The monoisotopic (exact) mass is 636 g/mol. The van der Waals surface area contributed by atoms with Crippen LogP contribution >= 0.6 is 0 Å². The van der Waals surface area contributed by atoms with Gasteiger partial charge in [-0.2, -0.15) is 84.3 Å². The number of nitriles is 6. The average Bonchev–Trinajstić information content (AvgIpc) is 2.91. The van der Waals surface area contributed by atoms with Crippen LogP contribution in [0.15, 0.2) is 12.1 Å². The lowest BCUT2D eigenvalue weighted by Crippen LogP contribution is -2.18. The van der Waals surface area contributed by atoms with E-state index in [0.29, 0.717) is 0 Å². The van der Waals surface area contributed by atoms with Gasteiger partial charge >= 0.3 is 24.7 Å². The van der Waals surface area contributed by atoms with Gasteiger partial charge in [-0.3, -0.25) is 0 Å². The molecule has 0 aliphatic rings. The summed E-state index contributed by atoms with van der Waals surface area (Å²) in [5.74, 6) is 0. The predicted molar refractivity (Wildman–Crippen MR) is 122 cm³/mol. The average molecular weight is 636 g/mol. The van der Waals surface area contributed by atoms with Crippen molar-refractivity contribution in [2.45, 2.75) is 51.4 Å². The van der Waals surface area contributed by atoms with Crippen LogP contribution in [-0.4, -0.2) is 0 Å². The summed E-state index contributed by atoms with van der Waals surface area (Å²) >= 11 is 0. The molecule has 0 bridgehead atoms. The second-order valence-electron chi connectivity index (χ2n) is 7.51. The Hall–Kier alpha value is -5.46. The topological polar surface area (TPSA) is 143 Å². The van der Waals surface area contributed by atoms with Crippen molar-refractivity contribution in [3.8, 4) is 36.4 Å². The van der Waals surface area contributed by atoms with Crippen LogP contribution in [0.25, 0.3) is 0 Å². The first-order valence-electron chi connectivity index (χ1n) is 11.2. The minimum absolute atomic E-state index is 0.0255. The van der Waals surface area contributed by atoms with Crippen LogP contribution in [-0.2, 0) is 37.5 Å². The van der Waals surface area contributed by atoms with E-state index >= 15 is 0 Å². The Morgan fingerprint density at radius 1 is 0.477 bits per heavy atom. The van der Waals surface area contributed by atoms with Gasteiger partial charge in [0, 0.05) is 5.56 Å². The molecular formula is C26H12F12N6. The van der Waals surface area contributed by atoms with E-state index < -0.39 is 93.2 Å². The fraction of sp³-hybridized carbons (Fsp3) is 0.308. The maximum atomic E-state index is 12.9. The quantitative estimate of drug-likeness (QED) is 0.305. The molecule has 18 heteroatoms. The van der Waals surface area contributed by atoms with E-state index in [1.54, 1.807) is 0 Å². The SMILES string of the molecule is CC.N#CCc1c(C#N)c(C(F)(F)F)cc(C#N)c1C(F)(F)F.N#CCc1c(C#N)c(C(F)(F)F)cc(C(F)(F)F)c1C#N. The molecule has 2 aromatic carbocycles. The maximum Gasteiger partial charge on any atom is 0.418 e. The summed E-state index contributed by atoms with van der Waals surface area (Å²) in [4.78, 5) is 0. The normalized spacial score (nSPS) is 11.0. The van der Waals surface area contributed by atoms with Crippen molar-refractivity contribution in [2.24, 2.45) is 0 Å². The van der Waals surface area contributed by atoms with Gasteiger partial charge in [0.2, 0.25) is 0 Å². The lowest BCUT2D eigenvalue weighted by atomic mass is 9.90. The minimum Gasteiger partial charge on any atom is -0.198 e. The first-order valence-corrected chi connectivity index (χ1v) is 11.2. The molecule has 0 radical (unpaired) electrons. The van der Waals surface area contributed by atoms with Gasteiger partial charge in [0.15, 0.2) is 0 Å². The second-order valence-corrected chi connectivity index (χ2v) is 7.51. The lowest BCUT2D eigenvalue weighted by Gasteiger charge is -2.18. The highest BCUT2D eigenvalue weighted by Gasteiger charge is 2.44. The molecule has 0 saturated heterocycles. The van der Waals surface area contributed by atoms with Crippen LogP contribution < -0.4 is 0 Å². The molecule has 0 aliphatic heterocycles. The van der Waals surface area contributed by atoms with Crippen LogP contribution in [0.3, 0.4) is 0 Å².